The molecular weight excluding hydrogens is 577 g/mol. The van der Waals surface area contributed by atoms with Gasteiger partial charge >= 0.3 is 0 Å². The zero-order valence-corrected chi connectivity index (χ0v) is 25.3. The molecule has 3 amide bonds. The van der Waals surface area contributed by atoms with Crippen LogP contribution < -0.4 is 16.0 Å². The van der Waals surface area contributed by atoms with Gasteiger partial charge in [0.05, 0.1) is 15.5 Å². The second kappa shape index (κ2) is 14.0. The number of nitrogens with one attached hydrogen (secondary N) is 3. The number of amides is 3. The SMILES string of the molecule is CCC(Sc1cccc(NC(=O)/C(=C/c2ccccc2)NC(=O)c2ccccc2)c1)C(=O)Nc1nc2ccc(C)cc2s1. The van der Waals surface area contributed by atoms with Gasteiger partial charge in [0.2, 0.25) is 5.91 Å². The second-order valence-electron chi connectivity index (χ2n) is 9.76. The molecule has 7 nitrogen and oxygen atoms in total. The molecule has 1 unspecified atom stereocenters. The Kier molecular flexibility index (Phi) is 9.66. The fourth-order valence-corrected chi connectivity index (χ4v) is 6.24. The van der Waals surface area contributed by atoms with Crippen molar-refractivity contribution < 1.29 is 14.4 Å². The number of hydrogen-bond donors (Lipinski definition) is 3. The van der Waals surface area contributed by atoms with Gasteiger partial charge in [-0.2, -0.15) is 0 Å². The number of aryl methyl sites for hydroxylation is 1. The van der Waals surface area contributed by atoms with Crippen LogP contribution in [0.4, 0.5) is 10.8 Å². The lowest BCUT2D eigenvalue weighted by Crippen LogP contribution is -2.30. The minimum atomic E-state index is -0.467. The molecule has 1 atom stereocenters. The van der Waals surface area contributed by atoms with Crippen LogP contribution in [0.2, 0.25) is 0 Å². The van der Waals surface area contributed by atoms with E-state index in [2.05, 4.69) is 27.0 Å². The molecule has 43 heavy (non-hydrogen) atoms. The van der Waals surface area contributed by atoms with Crippen LogP contribution in [0.5, 0.6) is 0 Å². The average molecular weight is 607 g/mol. The topological polar surface area (TPSA) is 100 Å². The first kappa shape index (κ1) is 29.8. The molecule has 3 N–H and O–H groups in total. The smallest absolute Gasteiger partial charge is 0.272 e. The fourth-order valence-electron chi connectivity index (χ4n) is 4.26. The minimum Gasteiger partial charge on any atom is -0.321 e. The Hall–Kier alpha value is -4.73. The Morgan fingerprint density at radius 1 is 0.884 bits per heavy atom. The Morgan fingerprint density at radius 3 is 2.37 bits per heavy atom. The standard InChI is InChI=1S/C34H30N4O3S2/c1-3-29(33(41)38-34-37-27-18-17-22(2)19-30(27)43-34)42-26-16-10-15-25(21-26)35-32(40)28(20-23-11-6-4-7-12-23)36-31(39)24-13-8-5-9-14-24/h4-21,29H,3H2,1-2H3,(H,35,40)(H,36,39)(H,37,38,41)/b28-20-. The second-order valence-corrected chi connectivity index (χ2v) is 12.1. The summed E-state index contributed by atoms with van der Waals surface area (Å²) in [5.41, 5.74) is 3.86. The molecule has 0 saturated carbocycles. The van der Waals surface area contributed by atoms with E-state index in [0.29, 0.717) is 22.8 Å². The Bertz CT molecular complexity index is 1790. The van der Waals surface area contributed by atoms with E-state index in [4.69, 9.17) is 0 Å². The van der Waals surface area contributed by atoms with Gasteiger partial charge in [-0.15, -0.1) is 11.8 Å². The summed E-state index contributed by atoms with van der Waals surface area (Å²) in [5.74, 6) is -0.983. The van der Waals surface area contributed by atoms with Gasteiger partial charge in [0.15, 0.2) is 5.13 Å². The summed E-state index contributed by atoms with van der Waals surface area (Å²) in [7, 11) is 0. The van der Waals surface area contributed by atoms with Crippen molar-refractivity contribution in [3.63, 3.8) is 0 Å². The van der Waals surface area contributed by atoms with Gasteiger partial charge in [0.1, 0.15) is 5.70 Å². The first-order valence-corrected chi connectivity index (χ1v) is 15.5. The van der Waals surface area contributed by atoms with Gasteiger partial charge < -0.3 is 16.0 Å². The number of thioether (sulfide) groups is 1. The van der Waals surface area contributed by atoms with E-state index in [1.54, 1.807) is 36.4 Å². The molecule has 0 saturated heterocycles. The number of nitrogens with zero attached hydrogens (tertiary/aromatic N) is 1. The zero-order chi connectivity index (χ0) is 30.2. The highest BCUT2D eigenvalue weighted by Gasteiger charge is 2.20. The lowest BCUT2D eigenvalue weighted by molar-refractivity contribution is -0.116. The van der Waals surface area contributed by atoms with E-state index in [-0.39, 0.29) is 22.8 Å². The van der Waals surface area contributed by atoms with Gasteiger partial charge in [0.25, 0.3) is 11.8 Å². The highest BCUT2D eigenvalue weighted by molar-refractivity contribution is 8.00. The summed E-state index contributed by atoms with van der Waals surface area (Å²) in [5, 5.41) is 8.83. The van der Waals surface area contributed by atoms with E-state index >= 15 is 0 Å². The fraction of sp³-hybridized carbons (Fsp3) is 0.118. The van der Waals surface area contributed by atoms with E-state index < -0.39 is 5.91 Å². The summed E-state index contributed by atoms with van der Waals surface area (Å²) in [6.45, 7) is 3.99. The van der Waals surface area contributed by atoms with Gasteiger partial charge in [-0.05, 0) is 73.0 Å². The first-order chi connectivity index (χ1) is 20.9. The third kappa shape index (κ3) is 7.97. The Balaban J connectivity index is 1.28. The molecule has 0 spiro atoms. The number of carbonyl (C=O) groups is 3. The largest absolute Gasteiger partial charge is 0.321 e. The number of fused-ring (bicyclic) bond motifs is 1. The molecule has 1 heterocycles. The molecular formula is C34H30N4O3S2. The Morgan fingerprint density at radius 2 is 1.63 bits per heavy atom. The molecule has 9 heteroatoms. The first-order valence-electron chi connectivity index (χ1n) is 13.8. The monoisotopic (exact) mass is 606 g/mol. The van der Waals surface area contributed by atoms with Crippen LogP contribution in [0.25, 0.3) is 16.3 Å². The van der Waals surface area contributed by atoms with Crippen molar-refractivity contribution in [3.8, 4) is 0 Å². The number of hydrogen-bond acceptors (Lipinski definition) is 6. The van der Waals surface area contributed by atoms with Crippen LogP contribution in [0.15, 0.2) is 114 Å². The van der Waals surface area contributed by atoms with E-state index in [1.165, 1.54) is 23.1 Å². The van der Waals surface area contributed by atoms with E-state index in [9.17, 15) is 14.4 Å². The van der Waals surface area contributed by atoms with Crippen molar-refractivity contribution in [1.29, 1.82) is 0 Å². The summed E-state index contributed by atoms with van der Waals surface area (Å²) in [4.78, 5) is 44.8. The highest BCUT2D eigenvalue weighted by Crippen LogP contribution is 2.31. The van der Waals surface area contributed by atoms with Crippen LogP contribution >= 0.6 is 23.1 Å². The van der Waals surface area contributed by atoms with Gasteiger partial charge in [-0.25, -0.2) is 4.98 Å². The van der Waals surface area contributed by atoms with E-state index in [0.717, 1.165) is 26.2 Å². The molecule has 216 valence electrons. The van der Waals surface area contributed by atoms with Gasteiger partial charge in [0, 0.05) is 16.1 Å². The molecule has 0 bridgehead atoms. The number of benzene rings is 4. The lowest BCUT2D eigenvalue weighted by Gasteiger charge is -2.15. The van der Waals surface area contributed by atoms with Crippen molar-refractivity contribution in [2.24, 2.45) is 0 Å². The summed E-state index contributed by atoms with van der Waals surface area (Å²) >= 11 is 2.87. The zero-order valence-electron chi connectivity index (χ0n) is 23.7. The number of anilines is 2. The van der Waals surface area contributed by atoms with Crippen molar-refractivity contribution in [2.45, 2.75) is 30.4 Å². The van der Waals surface area contributed by atoms with Gasteiger partial charge in [-0.3, -0.25) is 14.4 Å². The van der Waals surface area contributed by atoms with Crippen molar-refractivity contribution >= 4 is 67.9 Å². The average Bonchev–Trinajstić information content (AvgIpc) is 3.41. The summed E-state index contributed by atoms with van der Waals surface area (Å²) < 4.78 is 1.03. The number of aromatic nitrogens is 1. The molecule has 0 fully saturated rings. The van der Waals surface area contributed by atoms with Crippen molar-refractivity contribution in [3.05, 3.63) is 126 Å². The van der Waals surface area contributed by atoms with Crippen LogP contribution in [0, 0.1) is 6.92 Å². The van der Waals surface area contributed by atoms with Crippen LogP contribution in [-0.2, 0) is 9.59 Å². The number of carbonyl (C=O) groups excluding carboxylic acids is 3. The maximum atomic E-state index is 13.4. The summed E-state index contributed by atoms with van der Waals surface area (Å²) in [6.07, 6.45) is 2.24. The number of rotatable bonds is 10. The predicted molar refractivity (Wildman–Crippen MR) is 176 cm³/mol. The quantitative estimate of drug-likeness (QED) is 0.113. The van der Waals surface area contributed by atoms with Crippen LogP contribution in [0.3, 0.4) is 0 Å². The molecule has 5 rings (SSSR count). The van der Waals surface area contributed by atoms with E-state index in [1.807, 2.05) is 80.6 Å². The molecule has 0 aliphatic rings. The lowest BCUT2D eigenvalue weighted by atomic mass is 10.1. The highest BCUT2D eigenvalue weighted by atomic mass is 32.2. The molecule has 5 aromatic rings. The third-order valence-corrected chi connectivity index (χ3v) is 8.74. The Labute approximate surface area is 258 Å². The minimum absolute atomic E-state index is 0.106. The predicted octanol–water partition coefficient (Wildman–Crippen LogP) is 7.52. The summed E-state index contributed by atoms with van der Waals surface area (Å²) in [6, 6.07) is 31.4. The molecule has 0 aliphatic carbocycles. The maximum Gasteiger partial charge on any atom is 0.272 e. The van der Waals surface area contributed by atoms with Crippen LogP contribution in [0.1, 0.15) is 34.8 Å². The molecule has 0 aliphatic heterocycles. The molecule has 4 aromatic carbocycles. The van der Waals surface area contributed by atoms with Crippen molar-refractivity contribution in [2.75, 3.05) is 10.6 Å². The van der Waals surface area contributed by atoms with Crippen molar-refractivity contribution in [1.82, 2.24) is 10.3 Å². The maximum absolute atomic E-state index is 13.4. The third-order valence-electron chi connectivity index (χ3n) is 6.45. The number of thiazole rings is 1. The van der Waals surface area contributed by atoms with Crippen LogP contribution in [-0.4, -0.2) is 28.0 Å². The van der Waals surface area contributed by atoms with Gasteiger partial charge in [-0.1, -0.05) is 78.9 Å². The molecule has 1 aromatic heterocycles. The molecule has 0 radical (unpaired) electrons. The normalized spacial score (nSPS) is 12.0.